The van der Waals surface area contributed by atoms with Crippen LogP contribution in [0.1, 0.15) is 17.0 Å². The fourth-order valence-electron chi connectivity index (χ4n) is 2.71. The number of carbonyl (C=O) groups excluding carboxylic acids is 2. The zero-order chi connectivity index (χ0) is 17.4. The van der Waals surface area contributed by atoms with Gasteiger partial charge in [0.1, 0.15) is 5.70 Å². The van der Waals surface area contributed by atoms with E-state index in [0.717, 1.165) is 17.0 Å². The molecule has 0 bridgehead atoms. The van der Waals surface area contributed by atoms with Crippen LogP contribution in [0, 0.1) is 24.0 Å². The number of aryl methyl sites for hydroxylation is 1. The van der Waals surface area contributed by atoms with Crippen LogP contribution in [0.25, 0.3) is 11.8 Å². The molecule has 1 aliphatic heterocycles. The molecule has 1 aliphatic rings. The van der Waals surface area contributed by atoms with Crippen LogP contribution in [0.5, 0.6) is 0 Å². The van der Waals surface area contributed by atoms with Crippen molar-refractivity contribution in [3.8, 4) is 5.69 Å². The summed E-state index contributed by atoms with van der Waals surface area (Å²) in [6.07, 6.45) is 1.58. The third-order valence-electron chi connectivity index (χ3n) is 3.79. The van der Waals surface area contributed by atoms with Crippen LogP contribution in [0.3, 0.4) is 0 Å². The Kier molecular flexibility index (Phi) is 3.64. The van der Waals surface area contributed by atoms with Crippen molar-refractivity contribution in [2.75, 3.05) is 0 Å². The van der Waals surface area contributed by atoms with Crippen molar-refractivity contribution in [2.45, 2.75) is 13.8 Å². The van der Waals surface area contributed by atoms with Crippen LogP contribution >= 0.6 is 0 Å². The first-order valence-electron chi connectivity index (χ1n) is 7.14. The Bertz CT molecular complexity index is 911. The Morgan fingerprint density at radius 1 is 1.17 bits per heavy atom. The van der Waals surface area contributed by atoms with Crippen LogP contribution < -0.4 is 10.6 Å². The summed E-state index contributed by atoms with van der Waals surface area (Å²) >= 11 is 0. The van der Waals surface area contributed by atoms with Crippen molar-refractivity contribution in [1.29, 1.82) is 0 Å². The van der Waals surface area contributed by atoms with Gasteiger partial charge in [-0.1, -0.05) is 6.07 Å². The van der Waals surface area contributed by atoms with Crippen LogP contribution in [0.2, 0.25) is 0 Å². The van der Waals surface area contributed by atoms with Crippen molar-refractivity contribution in [3.63, 3.8) is 0 Å². The predicted molar refractivity (Wildman–Crippen MR) is 86.5 cm³/mol. The van der Waals surface area contributed by atoms with Crippen LogP contribution in [-0.2, 0) is 4.79 Å². The van der Waals surface area contributed by atoms with E-state index >= 15 is 0 Å². The summed E-state index contributed by atoms with van der Waals surface area (Å²) in [4.78, 5) is 33.3. The molecule has 0 atom stereocenters. The van der Waals surface area contributed by atoms with Gasteiger partial charge in [0.25, 0.3) is 11.6 Å². The molecule has 24 heavy (non-hydrogen) atoms. The van der Waals surface area contributed by atoms with Crippen molar-refractivity contribution >= 4 is 23.7 Å². The molecule has 0 spiro atoms. The fraction of sp³-hybridized carbons (Fsp3) is 0.125. The molecule has 122 valence electrons. The number of nitro benzene ring substituents is 1. The minimum absolute atomic E-state index is 0.00217. The summed E-state index contributed by atoms with van der Waals surface area (Å²) in [5.41, 5.74) is 3.22. The minimum Gasteiger partial charge on any atom is -0.318 e. The van der Waals surface area contributed by atoms with E-state index in [0.29, 0.717) is 5.69 Å². The first kappa shape index (κ1) is 15.5. The standard InChI is InChI=1S/C16H14N4O4/c1-9-6-11(7-14-15(21)18-16(22)17-14)10(2)19(9)12-4-3-5-13(8-12)20(23)24/h3-8H,1-2H3,(H2,17,18,21,22). The molecule has 8 nitrogen and oxygen atoms in total. The molecule has 0 unspecified atom stereocenters. The lowest BCUT2D eigenvalue weighted by Crippen LogP contribution is -2.22. The van der Waals surface area contributed by atoms with Gasteiger partial charge >= 0.3 is 6.03 Å². The highest BCUT2D eigenvalue weighted by Gasteiger charge is 2.23. The van der Waals surface area contributed by atoms with E-state index in [-0.39, 0.29) is 11.4 Å². The average molecular weight is 326 g/mol. The summed E-state index contributed by atoms with van der Waals surface area (Å²) in [6, 6.07) is 7.60. The largest absolute Gasteiger partial charge is 0.326 e. The molecule has 3 rings (SSSR count). The number of rotatable bonds is 3. The van der Waals surface area contributed by atoms with E-state index in [1.165, 1.54) is 12.1 Å². The molecule has 1 fully saturated rings. The number of hydrogen-bond donors (Lipinski definition) is 2. The van der Waals surface area contributed by atoms with Gasteiger partial charge < -0.3 is 9.88 Å². The molecular formula is C16H14N4O4. The molecule has 1 aromatic heterocycles. The third kappa shape index (κ3) is 2.65. The number of nitro groups is 1. The summed E-state index contributed by atoms with van der Waals surface area (Å²) in [6.45, 7) is 3.70. The number of hydrogen-bond acceptors (Lipinski definition) is 4. The number of imide groups is 1. The Morgan fingerprint density at radius 3 is 2.54 bits per heavy atom. The van der Waals surface area contributed by atoms with Crippen LogP contribution in [0.4, 0.5) is 10.5 Å². The zero-order valence-electron chi connectivity index (χ0n) is 13.0. The van der Waals surface area contributed by atoms with Gasteiger partial charge in [-0.3, -0.25) is 20.2 Å². The molecule has 2 heterocycles. The summed E-state index contributed by atoms with van der Waals surface area (Å²) < 4.78 is 1.86. The van der Waals surface area contributed by atoms with E-state index in [1.54, 1.807) is 18.2 Å². The topological polar surface area (TPSA) is 106 Å². The van der Waals surface area contributed by atoms with Crippen molar-refractivity contribution in [3.05, 3.63) is 63.1 Å². The number of carbonyl (C=O) groups is 2. The molecule has 3 amide bonds. The van der Waals surface area contributed by atoms with Crippen LogP contribution in [-0.4, -0.2) is 21.4 Å². The first-order chi connectivity index (χ1) is 11.4. The summed E-state index contributed by atoms with van der Waals surface area (Å²) in [7, 11) is 0. The van der Waals surface area contributed by atoms with Crippen molar-refractivity contribution in [1.82, 2.24) is 15.2 Å². The number of nitrogens with one attached hydrogen (secondary N) is 2. The second kappa shape index (κ2) is 5.65. The van der Waals surface area contributed by atoms with E-state index in [9.17, 15) is 19.7 Å². The third-order valence-corrected chi connectivity index (χ3v) is 3.79. The maximum absolute atomic E-state index is 11.6. The minimum atomic E-state index is -0.557. The number of amides is 3. The maximum atomic E-state index is 11.6. The molecule has 0 radical (unpaired) electrons. The zero-order valence-corrected chi connectivity index (χ0v) is 13.0. The van der Waals surface area contributed by atoms with E-state index < -0.39 is 16.9 Å². The van der Waals surface area contributed by atoms with E-state index in [2.05, 4.69) is 10.6 Å². The molecule has 2 N–H and O–H groups in total. The Hall–Kier alpha value is -3.42. The van der Waals surface area contributed by atoms with E-state index in [4.69, 9.17) is 0 Å². The maximum Gasteiger partial charge on any atom is 0.326 e. The predicted octanol–water partition coefficient (Wildman–Crippen LogP) is 2.18. The van der Waals surface area contributed by atoms with Gasteiger partial charge in [0.05, 0.1) is 10.6 Å². The Morgan fingerprint density at radius 2 is 1.92 bits per heavy atom. The Balaban J connectivity index is 2.06. The van der Waals surface area contributed by atoms with Gasteiger partial charge in [0.15, 0.2) is 0 Å². The van der Waals surface area contributed by atoms with Gasteiger partial charge in [0, 0.05) is 23.5 Å². The second-order valence-corrected chi connectivity index (χ2v) is 5.41. The lowest BCUT2D eigenvalue weighted by atomic mass is 10.2. The normalized spacial score (nSPS) is 15.5. The molecule has 2 aromatic rings. The van der Waals surface area contributed by atoms with Gasteiger partial charge in [-0.15, -0.1) is 0 Å². The quantitative estimate of drug-likeness (QED) is 0.390. The van der Waals surface area contributed by atoms with Crippen molar-refractivity contribution in [2.24, 2.45) is 0 Å². The molecular weight excluding hydrogens is 312 g/mol. The van der Waals surface area contributed by atoms with Crippen LogP contribution in [0.15, 0.2) is 36.0 Å². The van der Waals surface area contributed by atoms with Gasteiger partial charge in [-0.25, -0.2) is 4.79 Å². The number of urea groups is 1. The SMILES string of the molecule is Cc1cc(C=C2NC(=O)NC2=O)c(C)n1-c1cccc([N+](=O)[O-])c1. The highest BCUT2D eigenvalue weighted by Crippen LogP contribution is 2.25. The highest BCUT2D eigenvalue weighted by molar-refractivity contribution is 6.14. The number of nitrogens with zero attached hydrogens (tertiary/aromatic N) is 2. The van der Waals surface area contributed by atoms with Gasteiger partial charge in [0.2, 0.25) is 0 Å². The summed E-state index contributed by atoms with van der Waals surface area (Å²) in [5.74, 6) is -0.486. The Labute approximate surface area is 136 Å². The number of aromatic nitrogens is 1. The molecule has 8 heteroatoms. The number of non-ortho nitro benzene ring substituents is 1. The lowest BCUT2D eigenvalue weighted by molar-refractivity contribution is -0.384. The summed E-state index contributed by atoms with van der Waals surface area (Å²) in [5, 5.41) is 15.5. The average Bonchev–Trinajstić information content (AvgIpc) is 2.98. The van der Waals surface area contributed by atoms with E-state index in [1.807, 2.05) is 24.5 Å². The lowest BCUT2D eigenvalue weighted by Gasteiger charge is -2.09. The second-order valence-electron chi connectivity index (χ2n) is 5.41. The fourth-order valence-corrected chi connectivity index (χ4v) is 2.71. The molecule has 0 aliphatic carbocycles. The van der Waals surface area contributed by atoms with Crippen molar-refractivity contribution < 1.29 is 14.5 Å². The number of benzene rings is 1. The smallest absolute Gasteiger partial charge is 0.318 e. The van der Waals surface area contributed by atoms with Gasteiger partial charge in [-0.05, 0) is 37.6 Å². The monoisotopic (exact) mass is 326 g/mol. The molecule has 1 aromatic carbocycles. The molecule has 0 saturated carbocycles. The first-order valence-corrected chi connectivity index (χ1v) is 7.14. The highest BCUT2D eigenvalue weighted by atomic mass is 16.6. The molecule has 1 saturated heterocycles. The van der Waals surface area contributed by atoms with Gasteiger partial charge in [-0.2, -0.15) is 0 Å².